The highest BCUT2D eigenvalue weighted by Crippen LogP contribution is 2.21. The topological polar surface area (TPSA) is 87.7 Å². The SMILES string of the molecule is O=C(NCCOCC(F)F)Nc1cc(Cl)ccc1C(=O)O. The highest BCUT2D eigenvalue weighted by Gasteiger charge is 2.12. The van der Waals surface area contributed by atoms with Gasteiger partial charge in [0.25, 0.3) is 6.43 Å². The Bertz CT molecular complexity index is 514. The molecule has 0 bridgehead atoms. The Morgan fingerprint density at radius 1 is 1.38 bits per heavy atom. The molecule has 116 valence electrons. The number of carbonyl (C=O) groups excluding carboxylic acids is 1. The number of halogens is 3. The summed E-state index contributed by atoms with van der Waals surface area (Å²) in [5.41, 5.74) is -0.0931. The molecule has 0 atom stereocenters. The van der Waals surface area contributed by atoms with Gasteiger partial charge in [-0.1, -0.05) is 11.6 Å². The maximum absolute atomic E-state index is 11.8. The predicted molar refractivity (Wildman–Crippen MR) is 72.3 cm³/mol. The highest BCUT2D eigenvalue weighted by molar-refractivity contribution is 6.31. The number of urea groups is 1. The summed E-state index contributed by atoms with van der Waals surface area (Å²) < 4.78 is 28.1. The van der Waals surface area contributed by atoms with Crippen LogP contribution in [-0.4, -0.2) is 43.3 Å². The molecule has 0 aliphatic heterocycles. The Morgan fingerprint density at radius 2 is 2.10 bits per heavy atom. The van der Waals surface area contributed by atoms with E-state index >= 15 is 0 Å². The second-order valence-electron chi connectivity index (χ2n) is 3.84. The van der Waals surface area contributed by atoms with Crippen molar-refractivity contribution < 1.29 is 28.2 Å². The van der Waals surface area contributed by atoms with Gasteiger partial charge in [0.1, 0.15) is 6.61 Å². The van der Waals surface area contributed by atoms with Crippen LogP contribution in [0.25, 0.3) is 0 Å². The number of alkyl halides is 2. The lowest BCUT2D eigenvalue weighted by Gasteiger charge is -2.10. The number of carbonyl (C=O) groups is 2. The van der Waals surface area contributed by atoms with Crippen LogP contribution in [0, 0.1) is 0 Å². The van der Waals surface area contributed by atoms with E-state index in [1.165, 1.54) is 18.2 Å². The summed E-state index contributed by atoms with van der Waals surface area (Å²) in [7, 11) is 0. The summed E-state index contributed by atoms with van der Waals surface area (Å²) in [6.45, 7) is -0.790. The van der Waals surface area contributed by atoms with E-state index in [0.717, 1.165) is 0 Å². The minimum Gasteiger partial charge on any atom is -0.478 e. The molecule has 0 saturated heterocycles. The van der Waals surface area contributed by atoms with Gasteiger partial charge in [0, 0.05) is 11.6 Å². The molecule has 0 aliphatic carbocycles. The highest BCUT2D eigenvalue weighted by atomic mass is 35.5. The first-order chi connectivity index (χ1) is 9.90. The average Bonchev–Trinajstić information content (AvgIpc) is 2.37. The number of hydrogen-bond donors (Lipinski definition) is 3. The minimum atomic E-state index is -2.57. The van der Waals surface area contributed by atoms with Gasteiger partial charge >= 0.3 is 12.0 Å². The normalized spacial score (nSPS) is 10.5. The maximum atomic E-state index is 11.8. The summed E-state index contributed by atoms with van der Waals surface area (Å²) in [4.78, 5) is 22.5. The molecular weight excluding hydrogens is 310 g/mol. The molecule has 1 aromatic rings. The van der Waals surface area contributed by atoms with E-state index in [0.29, 0.717) is 0 Å². The predicted octanol–water partition coefficient (Wildman–Crippen LogP) is 2.44. The standard InChI is InChI=1S/C12H13ClF2N2O4/c13-7-1-2-8(11(18)19)9(5-7)17-12(20)16-3-4-21-6-10(14)15/h1-2,5,10H,3-4,6H2,(H,18,19)(H2,16,17,20). The van der Waals surface area contributed by atoms with E-state index in [1.807, 2.05) is 0 Å². The number of nitrogens with one attached hydrogen (secondary N) is 2. The van der Waals surface area contributed by atoms with Gasteiger partial charge in [-0.25, -0.2) is 18.4 Å². The third kappa shape index (κ3) is 6.37. The van der Waals surface area contributed by atoms with Crippen LogP contribution < -0.4 is 10.6 Å². The van der Waals surface area contributed by atoms with Crippen molar-refractivity contribution in [2.24, 2.45) is 0 Å². The van der Waals surface area contributed by atoms with Gasteiger partial charge in [0.05, 0.1) is 17.9 Å². The Balaban J connectivity index is 2.47. The van der Waals surface area contributed by atoms with E-state index in [1.54, 1.807) is 0 Å². The van der Waals surface area contributed by atoms with Crippen LogP contribution in [0.15, 0.2) is 18.2 Å². The summed E-state index contributed by atoms with van der Waals surface area (Å²) >= 11 is 5.72. The molecule has 2 amide bonds. The first kappa shape index (κ1) is 17.1. The monoisotopic (exact) mass is 322 g/mol. The van der Waals surface area contributed by atoms with E-state index < -0.39 is 25.0 Å². The zero-order chi connectivity index (χ0) is 15.8. The molecule has 1 aromatic carbocycles. The second-order valence-corrected chi connectivity index (χ2v) is 4.28. The fraction of sp³-hybridized carbons (Fsp3) is 0.333. The van der Waals surface area contributed by atoms with Crippen molar-refractivity contribution in [1.29, 1.82) is 0 Å². The quantitative estimate of drug-likeness (QED) is 0.673. The molecule has 0 saturated carbocycles. The van der Waals surface area contributed by atoms with Gasteiger partial charge in [-0.3, -0.25) is 0 Å². The molecule has 3 N–H and O–H groups in total. The molecule has 0 fully saturated rings. The minimum absolute atomic E-state index is 0.00151. The number of ether oxygens (including phenoxy) is 1. The van der Waals surface area contributed by atoms with E-state index in [2.05, 4.69) is 15.4 Å². The number of amides is 2. The largest absolute Gasteiger partial charge is 0.478 e. The van der Waals surface area contributed by atoms with Crippen LogP contribution in [0.3, 0.4) is 0 Å². The fourth-order valence-electron chi connectivity index (χ4n) is 1.38. The fourth-order valence-corrected chi connectivity index (χ4v) is 1.55. The molecule has 0 unspecified atom stereocenters. The number of carboxylic acids is 1. The van der Waals surface area contributed by atoms with Crippen molar-refractivity contribution in [2.45, 2.75) is 6.43 Å². The molecule has 0 radical (unpaired) electrons. The van der Waals surface area contributed by atoms with Crippen LogP contribution >= 0.6 is 11.6 Å². The molecule has 1 rings (SSSR count). The van der Waals surface area contributed by atoms with Crippen LogP contribution in [-0.2, 0) is 4.74 Å². The van der Waals surface area contributed by atoms with Crippen LogP contribution in [0.2, 0.25) is 5.02 Å². The van der Waals surface area contributed by atoms with Crippen LogP contribution in [0.1, 0.15) is 10.4 Å². The van der Waals surface area contributed by atoms with Crippen LogP contribution in [0.4, 0.5) is 19.3 Å². The lowest BCUT2D eigenvalue weighted by atomic mass is 10.2. The summed E-state index contributed by atoms with van der Waals surface area (Å²) in [5.74, 6) is -1.22. The Labute approximate surface area is 124 Å². The second kappa shape index (κ2) is 8.38. The van der Waals surface area contributed by atoms with Gasteiger partial charge in [-0.05, 0) is 18.2 Å². The number of carboxylic acid groups (broad SMARTS) is 1. The van der Waals surface area contributed by atoms with Crippen molar-refractivity contribution in [3.8, 4) is 0 Å². The van der Waals surface area contributed by atoms with Gasteiger partial charge in [0.15, 0.2) is 0 Å². The smallest absolute Gasteiger partial charge is 0.337 e. The number of aromatic carboxylic acids is 1. The van der Waals surface area contributed by atoms with Crippen LogP contribution in [0.5, 0.6) is 0 Å². The third-order valence-corrected chi connectivity index (χ3v) is 2.47. The number of hydrogen-bond acceptors (Lipinski definition) is 3. The molecule has 0 aromatic heterocycles. The Morgan fingerprint density at radius 3 is 2.71 bits per heavy atom. The first-order valence-corrected chi connectivity index (χ1v) is 6.21. The lowest BCUT2D eigenvalue weighted by Crippen LogP contribution is -2.32. The van der Waals surface area contributed by atoms with E-state index in [4.69, 9.17) is 16.7 Å². The number of rotatable bonds is 7. The molecular formula is C12H13ClF2N2O4. The average molecular weight is 323 g/mol. The molecule has 0 heterocycles. The molecule has 0 aliphatic rings. The summed E-state index contributed by atoms with van der Waals surface area (Å²) in [6.07, 6.45) is -2.57. The van der Waals surface area contributed by atoms with Gasteiger partial charge in [-0.2, -0.15) is 0 Å². The van der Waals surface area contributed by atoms with Crippen molar-refractivity contribution in [3.05, 3.63) is 28.8 Å². The molecule has 6 nitrogen and oxygen atoms in total. The summed E-state index contributed by atoms with van der Waals surface area (Å²) in [5, 5.41) is 13.9. The zero-order valence-electron chi connectivity index (χ0n) is 10.7. The van der Waals surface area contributed by atoms with Gasteiger partial charge < -0.3 is 20.5 Å². The number of benzene rings is 1. The van der Waals surface area contributed by atoms with Crippen molar-refractivity contribution in [1.82, 2.24) is 5.32 Å². The molecule has 9 heteroatoms. The molecule has 0 spiro atoms. The lowest BCUT2D eigenvalue weighted by molar-refractivity contribution is 0.0194. The zero-order valence-corrected chi connectivity index (χ0v) is 11.5. The summed E-state index contributed by atoms with van der Waals surface area (Å²) in [6, 6.07) is 3.23. The Hall–Kier alpha value is -1.93. The maximum Gasteiger partial charge on any atom is 0.337 e. The molecule has 21 heavy (non-hydrogen) atoms. The van der Waals surface area contributed by atoms with Crippen molar-refractivity contribution in [3.63, 3.8) is 0 Å². The van der Waals surface area contributed by atoms with Gasteiger partial charge in [0.2, 0.25) is 0 Å². The van der Waals surface area contributed by atoms with E-state index in [9.17, 15) is 18.4 Å². The van der Waals surface area contributed by atoms with Crippen molar-refractivity contribution >= 4 is 29.3 Å². The number of anilines is 1. The van der Waals surface area contributed by atoms with Gasteiger partial charge in [-0.15, -0.1) is 0 Å². The third-order valence-electron chi connectivity index (χ3n) is 2.24. The van der Waals surface area contributed by atoms with E-state index in [-0.39, 0.29) is 29.4 Å². The first-order valence-electron chi connectivity index (χ1n) is 5.83. The van der Waals surface area contributed by atoms with Crippen molar-refractivity contribution in [2.75, 3.05) is 25.1 Å². The Kier molecular flexibility index (Phi) is 6.83.